The first kappa shape index (κ1) is 14.7. The minimum absolute atomic E-state index is 0.0375. The molecule has 4 N–H and O–H groups in total. The second-order valence-corrected chi connectivity index (χ2v) is 4.92. The van der Waals surface area contributed by atoms with E-state index in [4.69, 9.17) is 10.8 Å². The molecular weight excluding hydrogens is 300 g/mol. The number of carboxylic acid groups (broad SMARTS) is 1. The first-order valence-corrected chi connectivity index (χ1v) is 6.27. The van der Waals surface area contributed by atoms with Gasteiger partial charge >= 0.3 is 5.97 Å². The average molecular weight is 315 g/mol. The molecular formula is C12H15BrN2O3. The number of hydrogen-bond donors (Lipinski definition) is 3. The van der Waals surface area contributed by atoms with Crippen molar-refractivity contribution in [1.29, 1.82) is 0 Å². The van der Waals surface area contributed by atoms with E-state index in [-0.39, 0.29) is 17.5 Å². The molecule has 0 heterocycles. The SMILES string of the molecule is CC(N)CCC(=O)Nc1cc(C(=O)O)ccc1Br. The van der Waals surface area contributed by atoms with Gasteiger partial charge in [-0.1, -0.05) is 0 Å². The molecule has 1 unspecified atom stereocenters. The number of nitrogens with two attached hydrogens (primary N) is 1. The van der Waals surface area contributed by atoms with Crippen LogP contribution in [-0.2, 0) is 4.79 Å². The van der Waals surface area contributed by atoms with Gasteiger partial charge in [0, 0.05) is 16.9 Å². The topological polar surface area (TPSA) is 92.4 Å². The van der Waals surface area contributed by atoms with E-state index in [1.54, 1.807) is 6.07 Å². The molecule has 1 atom stereocenters. The van der Waals surface area contributed by atoms with Gasteiger partial charge in [-0.3, -0.25) is 4.79 Å². The number of halogens is 1. The van der Waals surface area contributed by atoms with Crippen molar-refractivity contribution in [1.82, 2.24) is 0 Å². The Morgan fingerprint density at radius 1 is 1.50 bits per heavy atom. The maximum absolute atomic E-state index is 11.6. The monoisotopic (exact) mass is 314 g/mol. The van der Waals surface area contributed by atoms with Crippen LogP contribution in [0.2, 0.25) is 0 Å². The Labute approximate surface area is 113 Å². The summed E-state index contributed by atoms with van der Waals surface area (Å²) in [6.45, 7) is 1.83. The smallest absolute Gasteiger partial charge is 0.335 e. The number of carbonyl (C=O) groups excluding carboxylic acids is 1. The van der Waals surface area contributed by atoms with Crippen molar-refractivity contribution in [3.63, 3.8) is 0 Å². The van der Waals surface area contributed by atoms with Gasteiger partial charge in [0.2, 0.25) is 5.91 Å². The second-order valence-electron chi connectivity index (χ2n) is 4.06. The van der Waals surface area contributed by atoms with Crippen LogP contribution in [0.25, 0.3) is 0 Å². The van der Waals surface area contributed by atoms with Crippen molar-refractivity contribution in [2.75, 3.05) is 5.32 Å². The van der Waals surface area contributed by atoms with Crippen LogP contribution in [0.3, 0.4) is 0 Å². The first-order chi connectivity index (χ1) is 8.40. The van der Waals surface area contributed by atoms with E-state index in [1.807, 2.05) is 6.92 Å². The number of carbonyl (C=O) groups is 2. The highest BCUT2D eigenvalue weighted by atomic mass is 79.9. The van der Waals surface area contributed by atoms with Gasteiger partial charge in [-0.25, -0.2) is 4.79 Å². The maximum Gasteiger partial charge on any atom is 0.335 e. The summed E-state index contributed by atoms with van der Waals surface area (Å²) in [5.41, 5.74) is 6.14. The number of amides is 1. The minimum atomic E-state index is -1.03. The van der Waals surface area contributed by atoms with Crippen LogP contribution in [0.15, 0.2) is 22.7 Å². The molecule has 18 heavy (non-hydrogen) atoms. The largest absolute Gasteiger partial charge is 0.478 e. The summed E-state index contributed by atoms with van der Waals surface area (Å²) in [7, 11) is 0. The van der Waals surface area contributed by atoms with E-state index in [2.05, 4.69) is 21.2 Å². The summed E-state index contributed by atoms with van der Waals surface area (Å²) >= 11 is 3.26. The van der Waals surface area contributed by atoms with E-state index in [0.717, 1.165) is 0 Å². The summed E-state index contributed by atoms with van der Waals surface area (Å²) in [4.78, 5) is 22.4. The van der Waals surface area contributed by atoms with Crippen molar-refractivity contribution in [2.45, 2.75) is 25.8 Å². The Bertz CT molecular complexity index is 461. The lowest BCUT2D eigenvalue weighted by atomic mass is 10.1. The fraction of sp³-hybridized carbons (Fsp3) is 0.333. The predicted molar refractivity (Wildman–Crippen MR) is 72.6 cm³/mol. The van der Waals surface area contributed by atoms with Gasteiger partial charge in [0.1, 0.15) is 0 Å². The molecule has 0 fully saturated rings. The summed E-state index contributed by atoms with van der Waals surface area (Å²) < 4.78 is 0.640. The third kappa shape index (κ3) is 4.46. The molecule has 0 bridgehead atoms. The molecule has 0 radical (unpaired) electrons. The average Bonchev–Trinajstić information content (AvgIpc) is 2.29. The Hall–Kier alpha value is -1.40. The zero-order valence-electron chi connectivity index (χ0n) is 9.94. The van der Waals surface area contributed by atoms with E-state index in [1.165, 1.54) is 12.1 Å². The molecule has 0 saturated heterocycles. The first-order valence-electron chi connectivity index (χ1n) is 5.48. The highest BCUT2D eigenvalue weighted by molar-refractivity contribution is 9.10. The van der Waals surface area contributed by atoms with E-state index in [0.29, 0.717) is 23.0 Å². The lowest BCUT2D eigenvalue weighted by molar-refractivity contribution is -0.116. The lowest BCUT2D eigenvalue weighted by Crippen LogP contribution is -2.19. The van der Waals surface area contributed by atoms with Gasteiger partial charge in [0.25, 0.3) is 0 Å². The van der Waals surface area contributed by atoms with Crippen molar-refractivity contribution < 1.29 is 14.7 Å². The van der Waals surface area contributed by atoms with Crippen LogP contribution in [0.4, 0.5) is 5.69 Å². The Morgan fingerprint density at radius 3 is 2.72 bits per heavy atom. The molecule has 1 aromatic carbocycles. The van der Waals surface area contributed by atoms with Gasteiger partial charge in [-0.2, -0.15) is 0 Å². The summed E-state index contributed by atoms with van der Waals surface area (Å²) in [5, 5.41) is 11.5. The van der Waals surface area contributed by atoms with Gasteiger partial charge in [0.15, 0.2) is 0 Å². The summed E-state index contributed by atoms with van der Waals surface area (Å²) in [6, 6.07) is 4.43. The van der Waals surface area contributed by atoms with Crippen LogP contribution in [0.5, 0.6) is 0 Å². The highest BCUT2D eigenvalue weighted by Crippen LogP contribution is 2.24. The molecule has 1 amide bonds. The van der Waals surface area contributed by atoms with E-state index >= 15 is 0 Å². The van der Waals surface area contributed by atoms with Gasteiger partial charge in [-0.05, 0) is 47.5 Å². The molecule has 0 aromatic heterocycles. The van der Waals surface area contributed by atoms with E-state index < -0.39 is 5.97 Å². The predicted octanol–water partition coefficient (Wildman–Crippen LogP) is 2.21. The molecule has 1 rings (SSSR count). The zero-order chi connectivity index (χ0) is 13.7. The van der Waals surface area contributed by atoms with Crippen molar-refractivity contribution in [3.05, 3.63) is 28.2 Å². The Balaban J connectivity index is 2.74. The molecule has 0 aliphatic rings. The summed E-state index contributed by atoms with van der Waals surface area (Å²) in [6.07, 6.45) is 0.892. The number of rotatable bonds is 5. The third-order valence-electron chi connectivity index (χ3n) is 2.31. The van der Waals surface area contributed by atoms with Gasteiger partial charge in [0.05, 0.1) is 11.3 Å². The summed E-state index contributed by atoms with van der Waals surface area (Å²) in [5.74, 6) is -1.22. The van der Waals surface area contributed by atoms with E-state index in [9.17, 15) is 9.59 Å². The fourth-order valence-electron chi connectivity index (χ4n) is 1.33. The third-order valence-corrected chi connectivity index (χ3v) is 3.01. The van der Waals surface area contributed by atoms with Crippen LogP contribution in [-0.4, -0.2) is 23.0 Å². The zero-order valence-corrected chi connectivity index (χ0v) is 11.5. The van der Waals surface area contributed by atoms with Crippen LogP contribution >= 0.6 is 15.9 Å². The molecule has 6 heteroatoms. The fourth-order valence-corrected chi connectivity index (χ4v) is 1.67. The number of hydrogen-bond acceptors (Lipinski definition) is 3. The van der Waals surface area contributed by atoms with Crippen molar-refractivity contribution in [2.24, 2.45) is 5.73 Å². The Kier molecular flexibility index (Phi) is 5.30. The molecule has 5 nitrogen and oxygen atoms in total. The van der Waals surface area contributed by atoms with Crippen LogP contribution in [0.1, 0.15) is 30.1 Å². The van der Waals surface area contributed by atoms with Crippen LogP contribution in [0, 0.1) is 0 Å². The standard InChI is InChI=1S/C12H15BrN2O3/c1-7(14)2-5-11(16)15-10-6-8(12(17)18)3-4-9(10)13/h3-4,6-7H,2,5,14H2,1H3,(H,15,16)(H,17,18). The number of nitrogens with one attached hydrogen (secondary N) is 1. The van der Waals surface area contributed by atoms with Gasteiger partial charge in [-0.15, -0.1) is 0 Å². The lowest BCUT2D eigenvalue weighted by Gasteiger charge is -2.09. The van der Waals surface area contributed by atoms with Crippen molar-refractivity contribution >= 4 is 33.5 Å². The highest BCUT2D eigenvalue weighted by Gasteiger charge is 2.10. The van der Waals surface area contributed by atoms with Crippen LogP contribution < -0.4 is 11.1 Å². The van der Waals surface area contributed by atoms with Crippen molar-refractivity contribution in [3.8, 4) is 0 Å². The molecule has 98 valence electrons. The Morgan fingerprint density at radius 2 is 2.17 bits per heavy atom. The second kappa shape index (κ2) is 6.51. The van der Waals surface area contributed by atoms with Gasteiger partial charge < -0.3 is 16.2 Å². The number of anilines is 1. The number of benzene rings is 1. The molecule has 1 aromatic rings. The number of aromatic carboxylic acids is 1. The number of carboxylic acids is 1. The molecule has 0 saturated carbocycles. The minimum Gasteiger partial charge on any atom is -0.478 e. The quantitative estimate of drug-likeness (QED) is 0.777. The molecule has 0 aliphatic carbocycles. The molecule has 0 aliphatic heterocycles. The molecule has 0 spiro atoms. The maximum atomic E-state index is 11.6. The normalized spacial score (nSPS) is 11.9.